The Hall–Kier alpha value is -2.60. The van der Waals surface area contributed by atoms with E-state index in [1.54, 1.807) is 6.20 Å². The van der Waals surface area contributed by atoms with Crippen LogP contribution in [-0.2, 0) is 0 Å². The maximum absolute atomic E-state index is 13.0. The van der Waals surface area contributed by atoms with Gasteiger partial charge in [-0.3, -0.25) is 4.79 Å². The Balaban J connectivity index is 1.44. The van der Waals surface area contributed by atoms with Gasteiger partial charge in [-0.25, -0.2) is 4.98 Å². The van der Waals surface area contributed by atoms with E-state index in [-0.39, 0.29) is 12.0 Å². The number of aliphatic hydroxyl groups excluding tert-OH is 1. The van der Waals surface area contributed by atoms with E-state index in [2.05, 4.69) is 4.98 Å². The fourth-order valence-corrected chi connectivity index (χ4v) is 4.23. The Morgan fingerprint density at radius 3 is 2.76 bits per heavy atom. The van der Waals surface area contributed by atoms with Gasteiger partial charge in [-0.05, 0) is 56.7 Å². The van der Waals surface area contributed by atoms with Crippen LogP contribution in [0.15, 0.2) is 36.5 Å². The molecule has 1 aromatic carbocycles. The number of pyridine rings is 1. The van der Waals surface area contributed by atoms with E-state index in [1.807, 2.05) is 56.0 Å². The number of aryl methyl sites for hydroxylation is 1. The average molecular weight is 396 g/mol. The van der Waals surface area contributed by atoms with Gasteiger partial charge in [0.1, 0.15) is 11.4 Å². The first-order chi connectivity index (χ1) is 13.9. The molecule has 154 valence electrons. The lowest BCUT2D eigenvalue weighted by molar-refractivity contribution is -0.0528. The molecule has 1 fully saturated rings. The molecule has 1 unspecified atom stereocenters. The van der Waals surface area contributed by atoms with E-state index < -0.39 is 11.7 Å². The first-order valence-electron chi connectivity index (χ1n) is 10.3. The second-order valence-corrected chi connectivity index (χ2v) is 8.34. The van der Waals surface area contributed by atoms with Crippen molar-refractivity contribution in [2.75, 3.05) is 13.1 Å². The first kappa shape index (κ1) is 19.7. The second-order valence-electron chi connectivity index (χ2n) is 8.34. The Morgan fingerprint density at radius 2 is 2.07 bits per heavy atom. The monoisotopic (exact) mass is 396 g/mol. The molecule has 0 radical (unpaired) electrons. The summed E-state index contributed by atoms with van der Waals surface area (Å²) < 4.78 is 12.0. The highest BCUT2D eigenvalue weighted by molar-refractivity contribution is 5.94. The van der Waals surface area contributed by atoms with Crippen molar-refractivity contribution in [3.63, 3.8) is 0 Å². The molecule has 1 amide bonds. The van der Waals surface area contributed by atoms with Crippen LogP contribution >= 0.6 is 0 Å². The van der Waals surface area contributed by atoms with E-state index in [0.29, 0.717) is 43.8 Å². The molecule has 1 saturated heterocycles. The minimum absolute atomic E-state index is 0.0222. The number of fused-ring (bicyclic) bond motifs is 1. The number of hydrogen-bond donors (Lipinski definition) is 1. The Morgan fingerprint density at radius 1 is 1.31 bits per heavy atom. The third-order valence-electron chi connectivity index (χ3n) is 5.78. The lowest BCUT2D eigenvalue weighted by Gasteiger charge is -2.45. The van der Waals surface area contributed by atoms with E-state index in [1.165, 1.54) is 0 Å². The summed E-state index contributed by atoms with van der Waals surface area (Å²) in [5.74, 6) is 1.35. The first-order valence-corrected chi connectivity index (χ1v) is 10.3. The molecule has 0 saturated carbocycles. The Bertz CT molecular complexity index is 904. The molecule has 2 aliphatic rings. The van der Waals surface area contributed by atoms with Gasteiger partial charge in [0.25, 0.3) is 5.91 Å². The topological polar surface area (TPSA) is 71.9 Å². The molecule has 2 aliphatic heterocycles. The number of amides is 1. The number of nitrogens with zero attached hydrogens (tertiary/aromatic N) is 2. The molecule has 2 aromatic rings. The van der Waals surface area contributed by atoms with Gasteiger partial charge in [-0.15, -0.1) is 0 Å². The smallest absolute Gasteiger partial charge is 0.253 e. The molecule has 29 heavy (non-hydrogen) atoms. The zero-order valence-electron chi connectivity index (χ0n) is 17.2. The molecule has 0 aliphatic carbocycles. The van der Waals surface area contributed by atoms with Crippen molar-refractivity contribution < 1.29 is 19.4 Å². The molecule has 1 spiro atoms. The van der Waals surface area contributed by atoms with Gasteiger partial charge in [-0.1, -0.05) is 0 Å². The summed E-state index contributed by atoms with van der Waals surface area (Å²) in [5.41, 5.74) is 1.92. The van der Waals surface area contributed by atoms with Crippen LogP contribution in [-0.4, -0.2) is 45.7 Å². The molecular weight excluding hydrogens is 368 g/mol. The number of carbonyl (C=O) groups excluding carboxylic acids is 1. The van der Waals surface area contributed by atoms with E-state index in [4.69, 9.17) is 9.47 Å². The van der Waals surface area contributed by atoms with Crippen LogP contribution in [0.5, 0.6) is 11.6 Å². The van der Waals surface area contributed by atoms with Gasteiger partial charge in [0.2, 0.25) is 5.88 Å². The molecule has 3 heterocycles. The Kier molecular flexibility index (Phi) is 5.21. The van der Waals surface area contributed by atoms with Crippen molar-refractivity contribution >= 4 is 5.91 Å². The highest BCUT2D eigenvalue weighted by atomic mass is 16.5. The predicted molar refractivity (Wildman–Crippen MR) is 109 cm³/mol. The average Bonchev–Trinajstić information content (AvgIpc) is 2.69. The molecular formula is C23H28N2O4. The van der Waals surface area contributed by atoms with Crippen molar-refractivity contribution in [2.45, 2.75) is 57.8 Å². The zero-order chi connectivity index (χ0) is 20.6. The minimum Gasteiger partial charge on any atom is -0.491 e. The third kappa shape index (κ3) is 3.94. The van der Waals surface area contributed by atoms with Gasteiger partial charge >= 0.3 is 0 Å². The summed E-state index contributed by atoms with van der Waals surface area (Å²) in [6.07, 6.45) is 3.09. The lowest BCUT2D eigenvalue weighted by atomic mass is 9.82. The van der Waals surface area contributed by atoms with E-state index in [9.17, 15) is 9.90 Å². The number of carbonyl (C=O) groups is 1. The number of ether oxygens (including phenoxy) is 2. The van der Waals surface area contributed by atoms with Crippen molar-refractivity contribution in [3.05, 3.63) is 53.2 Å². The van der Waals surface area contributed by atoms with Crippen LogP contribution < -0.4 is 9.47 Å². The molecule has 1 atom stereocenters. The van der Waals surface area contributed by atoms with Crippen molar-refractivity contribution in [1.29, 1.82) is 0 Å². The van der Waals surface area contributed by atoms with Crippen LogP contribution in [0, 0.1) is 6.92 Å². The maximum atomic E-state index is 13.0. The standard InChI is InChI=1S/C23H28N2O4/c1-15(2)28-20-7-6-17(13-16(20)3)22(27)25-11-8-23(9-12-25)14-19(26)18-5-4-10-24-21(18)29-23/h4-7,10,13,15,19,26H,8-9,11-12,14H2,1-3H3. The lowest BCUT2D eigenvalue weighted by Crippen LogP contribution is -2.52. The van der Waals surface area contributed by atoms with Crippen LogP contribution in [0.4, 0.5) is 0 Å². The number of hydrogen-bond acceptors (Lipinski definition) is 5. The minimum atomic E-state index is -0.578. The van der Waals surface area contributed by atoms with Crippen LogP contribution in [0.1, 0.15) is 60.7 Å². The summed E-state index contributed by atoms with van der Waals surface area (Å²) in [5, 5.41) is 10.5. The Labute approximate surface area is 171 Å². The normalized spacial score (nSPS) is 20.3. The quantitative estimate of drug-likeness (QED) is 0.857. The fourth-order valence-electron chi connectivity index (χ4n) is 4.23. The number of piperidine rings is 1. The molecule has 6 heteroatoms. The van der Waals surface area contributed by atoms with Gasteiger partial charge in [0.15, 0.2) is 0 Å². The molecule has 1 N–H and O–H groups in total. The van der Waals surface area contributed by atoms with Crippen LogP contribution in [0.2, 0.25) is 0 Å². The van der Waals surface area contributed by atoms with Gasteiger partial charge in [0.05, 0.1) is 12.2 Å². The molecule has 0 bridgehead atoms. The number of benzene rings is 1. The van der Waals surface area contributed by atoms with E-state index in [0.717, 1.165) is 16.9 Å². The SMILES string of the molecule is Cc1cc(C(=O)N2CCC3(CC2)CC(O)c2cccnc2O3)ccc1OC(C)C. The van der Waals surface area contributed by atoms with E-state index >= 15 is 0 Å². The van der Waals surface area contributed by atoms with Crippen LogP contribution in [0.3, 0.4) is 0 Å². The van der Waals surface area contributed by atoms with Gasteiger partial charge < -0.3 is 19.5 Å². The molecule has 1 aromatic heterocycles. The largest absolute Gasteiger partial charge is 0.491 e. The zero-order valence-corrected chi connectivity index (χ0v) is 17.2. The van der Waals surface area contributed by atoms with Crippen molar-refractivity contribution in [2.24, 2.45) is 0 Å². The highest BCUT2D eigenvalue weighted by Gasteiger charge is 2.44. The molecule has 6 nitrogen and oxygen atoms in total. The third-order valence-corrected chi connectivity index (χ3v) is 5.78. The number of aliphatic hydroxyl groups is 1. The predicted octanol–water partition coefficient (Wildman–Crippen LogP) is 3.67. The summed E-state index contributed by atoms with van der Waals surface area (Å²) in [6.45, 7) is 7.12. The number of rotatable bonds is 3. The summed E-state index contributed by atoms with van der Waals surface area (Å²) in [4.78, 5) is 19.2. The fraction of sp³-hybridized carbons (Fsp3) is 0.478. The van der Waals surface area contributed by atoms with Gasteiger partial charge in [-0.2, -0.15) is 0 Å². The van der Waals surface area contributed by atoms with Gasteiger partial charge in [0, 0.05) is 49.7 Å². The second kappa shape index (κ2) is 7.67. The summed E-state index contributed by atoms with van der Waals surface area (Å²) in [7, 11) is 0. The summed E-state index contributed by atoms with van der Waals surface area (Å²) in [6, 6.07) is 9.26. The summed E-state index contributed by atoms with van der Waals surface area (Å²) >= 11 is 0. The number of aromatic nitrogens is 1. The molecule has 4 rings (SSSR count). The van der Waals surface area contributed by atoms with Crippen molar-refractivity contribution in [1.82, 2.24) is 9.88 Å². The maximum Gasteiger partial charge on any atom is 0.253 e. The highest BCUT2D eigenvalue weighted by Crippen LogP contribution is 2.43. The van der Waals surface area contributed by atoms with Crippen molar-refractivity contribution in [3.8, 4) is 11.6 Å². The number of likely N-dealkylation sites (tertiary alicyclic amines) is 1. The van der Waals surface area contributed by atoms with Crippen LogP contribution in [0.25, 0.3) is 0 Å².